The van der Waals surface area contributed by atoms with E-state index in [1.807, 2.05) is 4.90 Å². The topological polar surface area (TPSA) is 107 Å². The van der Waals surface area contributed by atoms with Crippen molar-refractivity contribution in [3.8, 4) is 0 Å². The molecule has 0 atom stereocenters. The molecule has 1 N–H and O–H groups in total. The van der Waals surface area contributed by atoms with E-state index in [1.165, 1.54) is 16.4 Å². The maximum atomic E-state index is 13.0. The fourth-order valence-electron chi connectivity index (χ4n) is 3.14. The molecule has 2 rings (SSSR count). The van der Waals surface area contributed by atoms with E-state index < -0.39 is 14.9 Å². The van der Waals surface area contributed by atoms with Gasteiger partial charge in [-0.25, -0.2) is 8.42 Å². The van der Waals surface area contributed by atoms with E-state index >= 15 is 0 Å². The minimum Gasteiger partial charge on any atom is -0.395 e. The average molecular weight is 386 g/mol. The smallest absolute Gasteiger partial charge is 0.270 e. The molecule has 146 valence electrons. The first-order valence-electron chi connectivity index (χ1n) is 8.71. The summed E-state index contributed by atoms with van der Waals surface area (Å²) < 4.78 is 27.4. The number of aliphatic hydroxyl groups is 1. The van der Waals surface area contributed by atoms with Crippen LogP contribution in [0.2, 0.25) is 0 Å². The maximum Gasteiger partial charge on any atom is 0.270 e. The van der Waals surface area contributed by atoms with Gasteiger partial charge in [-0.2, -0.15) is 4.31 Å². The van der Waals surface area contributed by atoms with E-state index in [9.17, 15) is 18.5 Å². The van der Waals surface area contributed by atoms with Gasteiger partial charge in [-0.05, 0) is 6.07 Å². The number of rotatable bonds is 8. The zero-order chi connectivity index (χ0) is 19.3. The number of nitro groups is 1. The molecule has 0 unspecified atom stereocenters. The molecule has 1 aromatic rings. The van der Waals surface area contributed by atoms with Crippen molar-refractivity contribution in [2.45, 2.75) is 18.7 Å². The van der Waals surface area contributed by atoms with Crippen LogP contribution in [0.1, 0.15) is 13.8 Å². The molecule has 1 fully saturated rings. The Labute approximate surface area is 154 Å². The standard InChI is InChI=1S/C16H26N4O5S/c1-3-19(4-2)26(24,25)16-13-14(20(22)23)5-6-15(16)18-9-7-17(8-10-18)11-12-21/h5-6,13,21H,3-4,7-12H2,1-2H3. The first kappa shape index (κ1) is 20.6. The maximum absolute atomic E-state index is 13.0. The van der Waals surface area contributed by atoms with Crippen LogP contribution in [0, 0.1) is 10.1 Å². The molecular formula is C16H26N4O5S. The van der Waals surface area contributed by atoms with Crippen LogP contribution in [0.3, 0.4) is 0 Å². The SMILES string of the molecule is CCN(CC)S(=O)(=O)c1cc([N+](=O)[O-])ccc1N1CCN(CCO)CC1. The van der Waals surface area contributed by atoms with Gasteiger partial charge in [-0.15, -0.1) is 0 Å². The molecule has 1 heterocycles. The van der Waals surface area contributed by atoms with Gasteiger partial charge in [0.15, 0.2) is 0 Å². The predicted molar refractivity (Wildman–Crippen MR) is 98.9 cm³/mol. The van der Waals surface area contributed by atoms with Crippen molar-refractivity contribution in [2.24, 2.45) is 0 Å². The monoisotopic (exact) mass is 386 g/mol. The Morgan fingerprint density at radius 1 is 1.19 bits per heavy atom. The highest BCUT2D eigenvalue weighted by molar-refractivity contribution is 7.89. The summed E-state index contributed by atoms with van der Waals surface area (Å²) >= 11 is 0. The zero-order valence-corrected chi connectivity index (χ0v) is 16.0. The second kappa shape index (κ2) is 8.76. The van der Waals surface area contributed by atoms with Gasteiger partial charge in [-0.3, -0.25) is 15.0 Å². The van der Waals surface area contributed by atoms with Gasteiger partial charge in [0, 0.05) is 57.9 Å². The van der Waals surface area contributed by atoms with Gasteiger partial charge in [0.1, 0.15) is 4.90 Å². The highest BCUT2D eigenvalue weighted by Gasteiger charge is 2.30. The number of nitro benzene ring substituents is 1. The van der Waals surface area contributed by atoms with Gasteiger partial charge in [0.25, 0.3) is 5.69 Å². The number of hydrogen-bond acceptors (Lipinski definition) is 7. The molecule has 0 aliphatic carbocycles. The second-order valence-corrected chi connectivity index (χ2v) is 7.96. The van der Waals surface area contributed by atoms with Crippen LogP contribution in [0.5, 0.6) is 0 Å². The first-order chi connectivity index (χ1) is 12.3. The predicted octanol–water partition coefficient (Wildman–Crippen LogP) is 0.740. The summed E-state index contributed by atoms with van der Waals surface area (Å²) in [6.45, 7) is 7.33. The van der Waals surface area contributed by atoms with Crippen LogP contribution in [-0.4, -0.2) is 80.1 Å². The molecular weight excluding hydrogens is 360 g/mol. The summed E-state index contributed by atoms with van der Waals surface area (Å²) in [5.41, 5.74) is 0.254. The van der Waals surface area contributed by atoms with Crippen LogP contribution in [0.4, 0.5) is 11.4 Å². The lowest BCUT2D eigenvalue weighted by molar-refractivity contribution is -0.385. The van der Waals surface area contributed by atoms with Crippen molar-refractivity contribution in [1.29, 1.82) is 0 Å². The Kier molecular flexibility index (Phi) is 6.93. The number of sulfonamides is 1. The second-order valence-electron chi connectivity index (χ2n) is 6.05. The summed E-state index contributed by atoms with van der Waals surface area (Å²) in [6, 6.07) is 4.02. The van der Waals surface area contributed by atoms with Crippen LogP contribution in [-0.2, 0) is 10.0 Å². The molecule has 26 heavy (non-hydrogen) atoms. The Morgan fingerprint density at radius 3 is 2.31 bits per heavy atom. The molecule has 1 saturated heterocycles. The van der Waals surface area contributed by atoms with Gasteiger partial charge in [0.05, 0.1) is 17.2 Å². The average Bonchev–Trinajstić information content (AvgIpc) is 2.63. The lowest BCUT2D eigenvalue weighted by Crippen LogP contribution is -2.47. The number of non-ortho nitro benzene ring substituents is 1. The molecule has 1 aliphatic rings. The number of β-amino-alcohol motifs (C(OH)–C–C–N with tert-alkyl or cyclic N) is 1. The number of benzene rings is 1. The molecule has 1 aliphatic heterocycles. The van der Waals surface area contributed by atoms with Gasteiger partial charge < -0.3 is 10.0 Å². The number of hydrogen-bond donors (Lipinski definition) is 1. The summed E-state index contributed by atoms with van der Waals surface area (Å²) in [6.07, 6.45) is 0. The van der Waals surface area contributed by atoms with Gasteiger partial charge >= 0.3 is 0 Å². The third-order valence-electron chi connectivity index (χ3n) is 4.61. The Hall–Kier alpha value is -1.75. The van der Waals surface area contributed by atoms with Crippen molar-refractivity contribution < 1.29 is 18.4 Å². The molecule has 0 amide bonds. The summed E-state index contributed by atoms with van der Waals surface area (Å²) in [4.78, 5) is 14.6. The summed E-state index contributed by atoms with van der Waals surface area (Å²) in [7, 11) is -3.83. The number of aliphatic hydroxyl groups excluding tert-OH is 1. The van der Waals surface area contributed by atoms with E-state index in [1.54, 1.807) is 13.8 Å². The third-order valence-corrected chi connectivity index (χ3v) is 6.69. The first-order valence-corrected chi connectivity index (χ1v) is 10.2. The van der Waals surface area contributed by atoms with Crippen molar-refractivity contribution in [2.75, 3.05) is 57.3 Å². The minimum atomic E-state index is -3.83. The van der Waals surface area contributed by atoms with Gasteiger partial charge in [-0.1, -0.05) is 13.8 Å². The van der Waals surface area contributed by atoms with Crippen LogP contribution in [0.25, 0.3) is 0 Å². The summed E-state index contributed by atoms with van der Waals surface area (Å²) in [5.74, 6) is 0. The quantitative estimate of drug-likeness (QED) is 0.519. The lowest BCUT2D eigenvalue weighted by atomic mass is 10.2. The molecule has 0 aromatic heterocycles. The molecule has 0 spiro atoms. The Bertz CT molecular complexity index is 728. The fraction of sp³-hybridized carbons (Fsp3) is 0.625. The fourth-order valence-corrected chi connectivity index (χ4v) is 4.83. The molecule has 1 aromatic carbocycles. The van der Waals surface area contributed by atoms with Crippen LogP contribution < -0.4 is 4.90 Å². The van der Waals surface area contributed by atoms with E-state index in [4.69, 9.17) is 5.11 Å². The molecule has 9 nitrogen and oxygen atoms in total. The highest BCUT2D eigenvalue weighted by Crippen LogP contribution is 2.32. The number of nitrogens with zero attached hydrogens (tertiary/aromatic N) is 4. The zero-order valence-electron chi connectivity index (χ0n) is 15.2. The van der Waals surface area contributed by atoms with E-state index in [-0.39, 0.29) is 17.2 Å². The Morgan fingerprint density at radius 2 is 1.81 bits per heavy atom. The van der Waals surface area contributed by atoms with Crippen LogP contribution in [0.15, 0.2) is 23.1 Å². The molecule has 0 saturated carbocycles. The largest absolute Gasteiger partial charge is 0.395 e. The Balaban J connectivity index is 2.42. The lowest BCUT2D eigenvalue weighted by Gasteiger charge is -2.36. The molecule has 0 radical (unpaired) electrons. The van der Waals surface area contributed by atoms with Crippen LogP contribution >= 0.6 is 0 Å². The molecule has 0 bridgehead atoms. The highest BCUT2D eigenvalue weighted by atomic mass is 32.2. The van der Waals surface area contributed by atoms with Crippen molar-refractivity contribution >= 4 is 21.4 Å². The van der Waals surface area contributed by atoms with Gasteiger partial charge in [0.2, 0.25) is 10.0 Å². The third kappa shape index (κ3) is 4.32. The summed E-state index contributed by atoms with van der Waals surface area (Å²) in [5, 5.41) is 20.2. The number of piperazine rings is 1. The van der Waals surface area contributed by atoms with E-state index in [0.29, 0.717) is 51.5 Å². The van der Waals surface area contributed by atoms with Crippen molar-refractivity contribution in [3.63, 3.8) is 0 Å². The van der Waals surface area contributed by atoms with Crippen molar-refractivity contribution in [3.05, 3.63) is 28.3 Å². The van der Waals surface area contributed by atoms with E-state index in [0.717, 1.165) is 6.07 Å². The minimum absolute atomic E-state index is 0.0222. The molecule has 10 heteroatoms. The number of anilines is 1. The van der Waals surface area contributed by atoms with E-state index in [2.05, 4.69) is 4.90 Å². The normalized spacial score (nSPS) is 16.2. The van der Waals surface area contributed by atoms with Crippen molar-refractivity contribution in [1.82, 2.24) is 9.21 Å².